The van der Waals surface area contributed by atoms with E-state index in [9.17, 15) is 0 Å². The van der Waals surface area contributed by atoms with Crippen LogP contribution in [-0.2, 0) is 7.05 Å². The lowest BCUT2D eigenvalue weighted by molar-refractivity contribution is 0.0777. The molecule has 0 unspecified atom stereocenters. The Bertz CT molecular complexity index is 802. The van der Waals surface area contributed by atoms with Gasteiger partial charge in [0.2, 0.25) is 0 Å². The van der Waals surface area contributed by atoms with Gasteiger partial charge in [-0.3, -0.25) is 9.08 Å². The molecule has 1 aliphatic rings. The summed E-state index contributed by atoms with van der Waals surface area (Å²) < 4.78 is 9.71. The molecule has 4 rings (SSSR count). The number of aromatic nitrogens is 5. The van der Waals surface area contributed by atoms with Crippen LogP contribution >= 0.6 is 0 Å². The lowest BCUT2D eigenvalue weighted by atomic mass is 9.89. The molecule has 0 aromatic carbocycles. The van der Waals surface area contributed by atoms with Crippen LogP contribution in [0.1, 0.15) is 26.7 Å². The van der Waals surface area contributed by atoms with Gasteiger partial charge in [-0.25, -0.2) is 4.98 Å². The van der Waals surface area contributed by atoms with E-state index in [1.54, 1.807) is 17.1 Å². The summed E-state index contributed by atoms with van der Waals surface area (Å²) in [6.07, 6.45) is 9.58. The Morgan fingerprint density at radius 2 is 2.08 bits per heavy atom. The second-order valence-corrected chi connectivity index (χ2v) is 5.68. The summed E-state index contributed by atoms with van der Waals surface area (Å²) >= 11 is 0. The SMILES string of the molecule is CC.CNC1CC(Oc2nc(-c3cnn(C)c3)cc3nccn23)C1. The van der Waals surface area contributed by atoms with Gasteiger partial charge >= 0.3 is 6.01 Å². The molecule has 0 spiro atoms. The Kier molecular flexibility index (Phi) is 4.80. The van der Waals surface area contributed by atoms with Crippen LogP contribution < -0.4 is 10.1 Å². The number of hydrogen-bond donors (Lipinski definition) is 1. The van der Waals surface area contributed by atoms with Gasteiger partial charge in [0.25, 0.3) is 0 Å². The van der Waals surface area contributed by atoms with Crippen molar-refractivity contribution in [1.29, 1.82) is 0 Å². The molecule has 0 bridgehead atoms. The Hall–Kier alpha value is -2.41. The van der Waals surface area contributed by atoms with Gasteiger partial charge in [-0.1, -0.05) is 13.8 Å². The maximum atomic E-state index is 6.07. The highest BCUT2D eigenvalue weighted by Crippen LogP contribution is 2.27. The average molecular weight is 328 g/mol. The largest absolute Gasteiger partial charge is 0.461 e. The fourth-order valence-corrected chi connectivity index (χ4v) is 2.73. The van der Waals surface area contributed by atoms with Crippen molar-refractivity contribution in [1.82, 2.24) is 29.5 Å². The second-order valence-electron chi connectivity index (χ2n) is 5.68. The van der Waals surface area contributed by atoms with Crippen molar-refractivity contribution < 1.29 is 4.74 Å². The quantitative estimate of drug-likeness (QED) is 0.796. The number of rotatable bonds is 4. The van der Waals surface area contributed by atoms with E-state index in [0.717, 1.165) is 29.7 Å². The number of imidazole rings is 1. The predicted octanol–water partition coefficient (Wildman–Crippen LogP) is 2.29. The topological polar surface area (TPSA) is 69.3 Å². The number of nitrogens with one attached hydrogen (secondary N) is 1. The molecule has 3 aromatic rings. The Morgan fingerprint density at radius 3 is 2.75 bits per heavy atom. The van der Waals surface area contributed by atoms with Crippen molar-refractivity contribution in [3.05, 3.63) is 30.9 Å². The van der Waals surface area contributed by atoms with Crippen molar-refractivity contribution >= 4 is 5.65 Å². The maximum absolute atomic E-state index is 6.07. The van der Waals surface area contributed by atoms with Crippen LogP contribution in [0.25, 0.3) is 16.9 Å². The minimum atomic E-state index is 0.208. The third-order valence-electron chi connectivity index (χ3n) is 4.13. The predicted molar refractivity (Wildman–Crippen MR) is 93.0 cm³/mol. The van der Waals surface area contributed by atoms with E-state index >= 15 is 0 Å². The monoisotopic (exact) mass is 328 g/mol. The molecule has 3 heterocycles. The molecule has 1 fully saturated rings. The molecule has 3 aromatic heterocycles. The number of fused-ring (bicyclic) bond motifs is 1. The maximum Gasteiger partial charge on any atom is 0.303 e. The third-order valence-corrected chi connectivity index (χ3v) is 4.13. The molecule has 7 heteroatoms. The molecule has 128 valence electrons. The van der Waals surface area contributed by atoms with Crippen molar-refractivity contribution in [2.75, 3.05) is 7.05 Å². The standard InChI is InChI=1S/C15H18N6O.C2H6/c1-16-11-5-12(6-11)22-15-19-13(10-8-18-20(2)9-10)7-14-17-3-4-21(14)15;1-2/h3-4,7-9,11-12,16H,5-6H2,1-2H3;1-2H3. The van der Waals surface area contributed by atoms with Gasteiger partial charge in [0, 0.05) is 43.3 Å². The molecule has 0 radical (unpaired) electrons. The fraction of sp³-hybridized carbons (Fsp3) is 0.471. The van der Waals surface area contributed by atoms with Crippen LogP contribution in [0.5, 0.6) is 6.01 Å². The van der Waals surface area contributed by atoms with Gasteiger partial charge in [-0.2, -0.15) is 10.1 Å². The molecule has 1 N–H and O–H groups in total. The summed E-state index contributed by atoms with van der Waals surface area (Å²) in [4.78, 5) is 9.01. The van der Waals surface area contributed by atoms with E-state index in [-0.39, 0.29) is 6.10 Å². The van der Waals surface area contributed by atoms with Gasteiger partial charge in [-0.05, 0) is 19.9 Å². The summed E-state index contributed by atoms with van der Waals surface area (Å²) in [5, 5.41) is 7.46. The van der Waals surface area contributed by atoms with E-state index in [0.29, 0.717) is 12.1 Å². The van der Waals surface area contributed by atoms with Gasteiger partial charge in [0.1, 0.15) is 11.8 Å². The lowest BCUT2D eigenvalue weighted by Crippen LogP contribution is -2.45. The number of ether oxygens (including phenoxy) is 1. The molecule has 1 aliphatic carbocycles. The molecular weight excluding hydrogens is 304 g/mol. The normalized spacial score (nSPS) is 19.5. The lowest BCUT2D eigenvalue weighted by Gasteiger charge is -2.34. The molecule has 0 atom stereocenters. The fourth-order valence-electron chi connectivity index (χ4n) is 2.73. The van der Waals surface area contributed by atoms with Gasteiger partial charge in [0.15, 0.2) is 0 Å². The van der Waals surface area contributed by atoms with Crippen LogP contribution in [0.2, 0.25) is 0 Å². The highest BCUT2D eigenvalue weighted by atomic mass is 16.5. The summed E-state index contributed by atoms with van der Waals surface area (Å²) in [5.74, 6) is 0. The van der Waals surface area contributed by atoms with Crippen molar-refractivity contribution in [3.63, 3.8) is 0 Å². The van der Waals surface area contributed by atoms with E-state index in [4.69, 9.17) is 4.74 Å². The van der Waals surface area contributed by atoms with Gasteiger partial charge < -0.3 is 10.1 Å². The van der Waals surface area contributed by atoms with E-state index in [1.807, 2.05) is 50.8 Å². The zero-order valence-electron chi connectivity index (χ0n) is 14.6. The van der Waals surface area contributed by atoms with Crippen LogP contribution in [0.15, 0.2) is 30.9 Å². The first kappa shape index (κ1) is 16.4. The van der Waals surface area contributed by atoms with Crippen molar-refractivity contribution in [2.24, 2.45) is 7.05 Å². The number of nitrogens with zero attached hydrogens (tertiary/aromatic N) is 5. The second kappa shape index (κ2) is 7.00. The summed E-state index contributed by atoms with van der Waals surface area (Å²) in [5.41, 5.74) is 2.61. The van der Waals surface area contributed by atoms with Crippen LogP contribution in [0.4, 0.5) is 0 Å². The summed E-state index contributed by atoms with van der Waals surface area (Å²) in [7, 11) is 3.87. The third kappa shape index (κ3) is 3.12. The highest BCUT2D eigenvalue weighted by Gasteiger charge is 2.30. The van der Waals surface area contributed by atoms with Gasteiger partial charge in [0.05, 0.1) is 11.9 Å². The minimum Gasteiger partial charge on any atom is -0.461 e. The first-order valence-corrected chi connectivity index (χ1v) is 8.40. The Morgan fingerprint density at radius 1 is 1.29 bits per heavy atom. The van der Waals surface area contributed by atoms with Crippen LogP contribution in [-0.4, -0.2) is 43.3 Å². The van der Waals surface area contributed by atoms with E-state index in [2.05, 4.69) is 20.4 Å². The molecule has 0 aliphatic heterocycles. The minimum absolute atomic E-state index is 0.208. The van der Waals surface area contributed by atoms with Crippen LogP contribution in [0.3, 0.4) is 0 Å². The Balaban J connectivity index is 0.000000815. The van der Waals surface area contributed by atoms with E-state index in [1.165, 1.54) is 0 Å². The molecular formula is C17H24N6O. The smallest absolute Gasteiger partial charge is 0.303 e. The summed E-state index contributed by atoms with van der Waals surface area (Å²) in [6.45, 7) is 4.00. The van der Waals surface area contributed by atoms with Crippen LogP contribution in [0, 0.1) is 0 Å². The van der Waals surface area contributed by atoms with Crippen molar-refractivity contribution in [2.45, 2.75) is 38.8 Å². The number of hydrogen-bond acceptors (Lipinski definition) is 5. The zero-order valence-corrected chi connectivity index (χ0v) is 14.6. The number of aryl methyl sites for hydroxylation is 1. The first-order valence-electron chi connectivity index (χ1n) is 8.40. The van der Waals surface area contributed by atoms with E-state index < -0.39 is 0 Å². The average Bonchev–Trinajstić information content (AvgIpc) is 3.20. The molecule has 24 heavy (non-hydrogen) atoms. The van der Waals surface area contributed by atoms with Crippen molar-refractivity contribution in [3.8, 4) is 17.3 Å². The molecule has 1 saturated carbocycles. The van der Waals surface area contributed by atoms with Gasteiger partial charge in [-0.15, -0.1) is 0 Å². The summed E-state index contributed by atoms with van der Waals surface area (Å²) in [6, 6.07) is 3.08. The first-order chi connectivity index (χ1) is 11.7. The Labute approximate surface area is 141 Å². The highest BCUT2D eigenvalue weighted by molar-refractivity contribution is 5.62. The molecule has 0 saturated heterocycles. The molecule has 7 nitrogen and oxygen atoms in total. The molecule has 0 amide bonds. The zero-order chi connectivity index (χ0) is 17.1.